The largest absolute Gasteiger partial charge is 0.456 e. The normalized spacial score (nSPS) is 17.0. The third kappa shape index (κ3) is 6.54. The number of aliphatic imine (C=N–C) groups is 2. The van der Waals surface area contributed by atoms with Gasteiger partial charge in [-0.3, -0.25) is 4.99 Å². The standard InChI is InChI=1S/C65H46N2OS/c1-2-46-63(52-23-14-26-60-62(52)51-22-11-13-25-59(51)69-60)66-65(42-29-27-40(28-30-42)39-15-4-3-5-16-39)67-64(46)56-38-58-55(48-21-10-12-24-57(48)68-58)37-54(56)50-34-32-45-35-43-18-6-7-19-44(43)36-53(45)49-33-31-41-17-8-9-20-47(41)61(49)50/h3-31,33,35-38,46,50,64H,2,32,34H2,1H3. The maximum Gasteiger partial charge on any atom is 0.155 e. The second kappa shape index (κ2) is 16.1. The Hall–Kier alpha value is -7.92. The third-order valence-corrected chi connectivity index (χ3v) is 16.3. The summed E-state index contributed by atoms with van der Waals surface area (Å²) in [6, 6.07) is 75.7. The van der Waals surface area contributed by atoms with Crippen LogP contribution in [-0.4, -0.2) is 11.5 Å². The fourth-order valence-electron chi connectivity index (χ4n) is 11.9. The minimum absolute atomic E-state index is 0.0255. The molecule has 2 aliphatic rings. The van der Waals surface area contributed by atoms with Crippen LogP contribution in [0.3, 0.4) is 0 Å². The van der Waals surface area contributed by atoms with E-state index in [4.69, 9.17) is 14.4 Å². The van der Waals surface area contributed by atoms with Gasteiger partial charge in [0.2, 0.25) is 0 Å². The molecule has 0 saturated carbocycles. The summed E-state index contributed by atoms with van der Waals surface area (Å²) in [5.74, 6) is 0.794. The van der Waals surface area contributed by atoms with Crippen LogP contribution in [0.15, 0.2) is 221 Å². The van der Waals surface area contributed by atoms with Crippen LogP contribution in [0.25, 0.3) is 85.9 Å². The van der Waals surface area contributed by atoms with Crippen molar-refractivity contribution in [3.8, 4) is 22.3 Å². The monoisotopic (exact) mass is 902 g/mol. The summed E-state index contributed by atoms with van der Waals surface area (Å²) in [4.78, 5) is 11.6. The lowest BCUT2D eigenvalue weighted by atomic mass is 9.75. The quantitative estimate of drug-likeness (QED) is 0.164. The van der Waals surface area contributed by atoms with E-state index in [9.17, 15) is 0 Å². The van der Waals surface area contributed by atoms with Crippen molar-refractivity contribution in [3.63, 3.8) is 0 Å². The van der Waals surface area contributed by atoms with Crippen molar-refractivity contribution in [1.82, 2.24) is 0 Å². The molecule has 0 spiro atoms. The number of rotatable bonds is 6. The number of amidine groups is 1. The van der Waals surface area contributed by atoms with Crippen molar-refractivity contribution in [1.29, 1.82) is 0 Å². The average molecular weight is 903 g/mol. The van der Waals surface area contributed by atoms with Gasteiger partial charge in [0.25, 0.3) is 0 Å². The van der Waals surface area contributed by atoms with Crippen LogP contribution >= 0.6 is 11.3 Å². The van der Waals surface area contributed by atoms with E-state index in [0.29, 0.717) is 0 Å². The fourth-order valence-corrected chi connectivity index (χ4v) is 13.0. The molecule has 3 atom stereocenters. The lowest BCUT2D eigenvalue weighted by molar-refractivity contribution is 0.525. The molecule has 4 heteroatoms. The van der Waals surface area contributed by atoms with Gasteiger partial charge in [0.05, 0.1) is 11.8 Å². The van der Waals surface area contributed by atoms with E-state index in [-0.39, 0.29) is 17.9 Å². The number of hydrogen-bond acceptors (Lipinski definition) is 4. The van der Waals surface area contributed by atoms with Gasteiger partial charge in [-0.2, -0.15) is 0 Å². The second-order valence-corrected chi connectivity index (χ2v) is 20.0. The topological polar surface area (TPSA) is 37.9 Å². The van der Waals surface area contributed by atoms with E-state index in [2.05, 4.69) is 213 Å². The lowest BCUT2D eigenvalue weighted by Crippen LogP contribution is -2.29. The van der Waals surface area contributed by atoms with Crippen molar-refractivity contribution >= 4 is 86.5 Å². The van der Waals surface area contributed by atoms with Gasteiger partial charge in [0.15, 0.2) is 5.84 Å². The Morgan fingerprint density at radius 1 is 0.507 bits per heavy atom. The van der Waals surface area contributed by atoms with Crippen LogP contribution < -0.4 is 0 Å². The van der Waals surface area contributed by atoms with Crippen LogP contribution in [0.2, 0.25) is 0 Å². The number of para-hydroxylation sites is 1. The zero-order valence-corrected chi connectivity index (χ0v) is 39.0. The van der Waals surface area contributed by atoms with Gasteiger partial charge in [-0.05, 0) is 122 Å². The van der Waals surface area contributed by atoms with Crippen molar-refractivity contribution in [2.75, 3.05) is 0 Å². The highest BCUT2D eigenvalue weighted by Gasteiger charge is 2.37. The fraction of sp³-hybridized carbons (Fsp3) is 0.108. The van der Waals surface area contributed by atoms with Gasteiger partial charge in [-0.25, -0.2) is 4.99 Å². The molecule has 2 aromatic heterocycles. The number of thiophene rings is 1. The highest BCUT2D eigenvalue weighted by atomic mass is 32.1. The highest BCUT2D eigenvalue weighted by Crippen LogP contribution is 2.51. The van der Waals surface area contributed by atoms with Crippen LogP contribution in [-0.2, 0) is 6.42 Å². The van der Waals surface area contributed by atoms with Gasteiger partial charge in [-0.15, -0.1) is 11.3 Å². The first-order valence-electron chi connectivity index (χ1n) is 24.4. The molecule has 1 aliphatic heterocycles. The van der Waals surface area contributed by atoms with Crippen molar-refractivity contribution in [2.24, 2.45) is 15.9 Å². The Morgan fingerprint density at radius 3 is 2.04 bits per heavy atom. The molecule has 10 aromatic carbocycles. The maximum absolute atomic E-state index is 6.85. The molecule has 12 aromatic rings. The first-order valence-corrected chi connectivity index (χ1v) is 25.2. The van der Waals surface area contributed by atoms with Crippen molar-refractivity contribution in [3.05, 3.63) is 240 Å². The van der Waals surface area contributed by atoms with Crippen molar-refractivity contribution in [2.45, 2.75) is 38.1 Å². The number of aryl methyl sites for hydroxylation is 1. The molecule has 0 radical (unpaired) electrons. The summed E-state index contributed by atoms with van der Waals surface area (Å²) in [7, 11) is 0. The lowest BCUT2D eigenvalue weighted by Gasteiger charge is -2.33. The van der Waals surface area contributed by atoms with Gasteiger partial charge >= 0.3 is 0 Å². The number of furan rings is 1. The molecule has 3 nitrogen and oxygen atoms in total. The molecule has 1 aliphatic carbocycles. The van der Waals surface area contributed by atoms with Gasteiger partial charge < -0.3 is 4.42 Å². The predicted molar refractivity (Wildman–Crippen MR) is 292 cm³/mol. The summed E-state index contributed by atoms with van der Waals surface area (Å²) < 4.78 is 9.42. The highest BCUT2D eigenvalue weighted by molar-refractivity contribution is 7.25. The van der Waals surface area contributed by atoms with Crippen LogP contribution in [0.1, 0.15) is 65.1 Å². The predicted octanol–water partition coefficient (Wildman–Crippen LogP) is 17.7. The molecular weight excluding hydrogens is 857 g/mol. The van der Waals surface area contributed by atoms with Crippen LogP contribution in [0.5, 0.6) is 0 Å². The first-order chi connectivity index (χ1) is 34.1. The molecule has 0 saturated heterocycles. The van der Waals surface area contributed by atoms with E-state index < -0.39 is 0 Å². The SMILES string of the molecule is CCC1C(c2cccc3sc4ccccc4c23)=NC(c2ccc(-c3ccccc3)cc2)=NC1c1cc2oc3ccccc3c2cc1C1CCc2cc3ccccc3cc2-c2ccc3ccccc3c21. The summed E-state index contributed by atoms with van der Waals surface area (Å²) >= 11 is 1.86. The minimum atomic E-state index is -0.259. The van der Waals surface area contributed by atoms with Gasteiger partial charge in [0, 0.05) is 53.9 Å². The Kier molecular flexibility index (Phi) is 9.38. The first kappa shape index (κ1) is 40.2. The summed E-state index contributed by atoms with van der Waals surface area (Å²) in [5.41, 5.74) is 15.4. The zero-order valence-electron chi connectivity index (χ0n) is 38.2. The van der Waals surface area contributed by atoms with E-state index in [1.54, 1.807) is 0 Å². The molecular formula is C65H46N2OS. The Bertz CT molecular complexity index is 4080. The molecule has 0 amide bonds. The molecule has 0 N–H and O–H groups in total. The molecule has 69 heavy (non-hydrogen) atoms. The van der Waals surface area contributed by atoms with Crippen LogP contribution in [0.4, 0.5) is 0 Å². The van der Waals surface area contributed by atoms with E-state index in [0.717, 1.165) is 58.3 Å². The minimum Gasteiger partial charge on any atom is -0.456 e. The maximum atomic E-state index is 6.85. The Balaban J connectivity index is 1.04. The zero-order chi connectivity index (χ0) is 45.6. The summed E-state index contributed by atoms with van der Waals surface area (Å²) in [6.07, 6.45) is 2.75. The molecule has 0 fully saturated rings. The van der Waals surface area contributed by atoms with E-state index >= 15 is 0 Å². The number of hydrogen-bond donors (Lipinski definition) is 0. The number of benzene rings is 10. The summed E-state index contributed by atoms with van der Waals surface area (Å²) in [6.45, 7) is 2.32. The van der Waals surface area contributed by atoms with Gasteiger partial charge in [-0.1, -0.05) is 177 Å². The number of nitrogens with zero attached hydrogens (tertiary/aromatic N) is 2. The molecule has 3 heterocycles. The summed E-state index contributed by atoms with van der Waals surface area (Å²) in [5, 5.41) is 9.96. The Labute approximate surface area is 404 Å². The van der Waals surface area contributed by atoms with Crippen LogP contribution in [0, 0.1) is 5.92 Å². The van der Waals surface area contributed by atoms with Crippen molar-refractivity contribution < 1.29 is 4.42 Å². The number of fused-ring (bicyclic) bond motifs is 12. The smallest absolute Gasteiger partial charge is 0.155 e. The molecule has 0 bridgehead atoms. The second-order valence-electron chi connectivity index (χ2n) is 18.9. The Morgan fingerprint density at radius 2 is 1.20 bits per heavy atom. The van der Waals surface area contributed by atoms with E-state index in [1.807, 2.05) is 11.3 Å². The molecule has 328 valence electrons. The molecule has 3 unspecified atom stereocenters. The third-order valence-electron chi connectivity index (χ3n) is 15.1. The van der Waals surface area contributed by atoms with Gasteiger partial charge in [0.1, 0.15) is 11.2 Å². The van der Waals surface area contributed by atoms with E-state index in [1.165, 1.54) is 91.8 Å². The molecule has 14 rings (SSSR count). The average Bonchev–Trinajstić information content (AvgIpc) is 3.93.